The Labute approximate surface area is 160 Å². The van der Waals surface area contributed by atoms with Crippen molar-refractivity contribution in [2.45, 2.75) is 17.1 Å². The Kier molecular flexibility index (Phi) is 5.86. The molecule has 0 saturated heterocycles. The van der Waals surface area contributed by atoms with Crippen LogP contribution in [0.1, 0.15) is 23.3 Å². The van der Waals surface area contributed by atoms with Gasteiger partial charge in [0.1, 0.15) is 0 Å². The summed E-state index contributed by atoms with van der Waals surface area (Å²) in [4.78, 5) is 12.0. The van der Waals surface area contributed by atoms with Gasteiger partial charge < -0.3 is 5.32 Å². The monoisotopic (exact) mass is 383 g/mol. The van der Waals surface area contributed by atoms with E-state index in [2.05, 4.69) is 5.32 Å². The molecule has 0 bridgehead atoms. The number of anilines is 1. The van der Waals surface area contributed by atoms with Crippen molar-refractivity contribution in [1.29, 1.82) is 0 Å². The number of carbonyl (C=O) groups is 1. The summed E-state index contributed by atoms with van der Waals surface area (Å²) in [6.45, 7) is 1.42. The maximum absolute atomic E-state index is 13.6. The third kappa shape index (κ3) is 4.03. The van der Waals surface area contributed by atoms with Crippen LogP contribution in [0.2, 0.25) is 5.02 Å². The third-order valence-electron chi connectivity index (χ3n) is 3.90. The number of nitrogens with one attached hydrogen (secondary N) is 1. The lowest BCUT2D eigenvalue weighted by molar-refractivity contribution is -0.114. The topological polar surface area (TPSA) is 46.2 Å². The first kappa shape index (κ1) is 18.4. The molecule has 1 atom stereocenters. The second kappa shape index (κ2) is 8.30. The van der Waals surface area contributed by atoms with E-state index in [4.69, 9.17) is 11.6 Å². The number of carbonyl (C=O) groups excluding carboxylic acids is 1. The van der Waals surface area contributed by atoms with Crippen molar-refractivity contribution >= 4 is 34.0 Å². The summed E-state index contributed by atoms with van der Waals surface area (Å²) in [5.41, 5.74) is 2.32. The third-order valence-corrected chi connectivity index (χ3v) is 6.14. The molecule has 0 aromatic heterocycles. The molecule has 0 aliphatic carbocycles. The van der Waals surface area contributed by atoms with Gasteiger partial charge in [-0.25, -0.2) is 0 Å². The summed E-state index contributed by atoms with van der Waals surface area (Å²) in [6.07, 6.45) is 0. The normalized spacial score (nSPS) is 12.0. The fourth-order valence-corrected chi connectivity index (χ4v) is 4.86. The molecule has 3 aromatic carbocycles. The van der Waals surface area contributed by atoms with E-state index in [1.807, 2.05) is 60.7 Å². The molecule has 0 radical (unpaired) electrons. The number of hydrogen-bond acceptors (Lipinski definition) is 2. The quantitative estimate of drug-likeness (QED) is 0.658. The van der Waals surface area contributed by atoms with E-state index < -0.39 is 16.0 Å². The van der Waals surface area contributed by atoms with Crippen molar-refractivity contribution in [3.63, 3.8) is 0 Å². The lowest BCUT2D eigenvalue weighted by Crippen LogP contribution is -2.14. The predicted octanol–water partition coefficient (Wildman–Crippen LogP) is 5.20. The minimum Gasteiger partial charge on any atom is -0.325 e. The molecule has 1 unspecified atom stereocenters. The lowest BCUT2D eigenvalue weighted by atomic mass is 10.0. The second-order valence-corrected chi connectivity index (χ2v) is 7.68. The van der Waals surface area contributed by atoms with Crippen LogP contribution in [-0.2, 0) is 15.6 Å². The number of rotatable bonds is 5. The molecule has 132 valence electrons. The minimum absolute atomic E-state index is 0.235. The van der Waals surface area contributed by atoms with Crippen LogP contribution in [0.5, 0.6) is 0 Å². The van der Waals surface area contributed by atoms with Gasteiger partial charge in [-0.1, -0.05) is 78.3 Å². The SMILES string of the molecule is CC(=O)Nc1cccc(Cl)c1S(=O)C(c1ccccc1)c1ccccc1. The first-order valence-electron chi connectivity index (χ1n) is 8.14. The van der Waals surface area contributed by atoms with Crippen LogP contribution >= 0.6 is 11.6 Å². The van der Waals surface area contributed by atoms with E-state index in [1.165, 1.54) is 6.92 Å². The fraction of sp³-hybridized carbons (Fsp3) is 0.0952. The molecule has 0 fully saturated rings. The van der Waals surface area contributed by atoms with Crippen LogP contribution in [0.15, 0.2) is 83.8 Å². The molecule has 0 heterocycles. The fourth-order valence-electron chi connectivity index (χ4n) is 2.81. The van der Waals surface area contributed by atoms with Gasteiger partial charge in [0.05, 0.1) is 31.7 Å². The Bertz CT molecular complexity index is 890. The van der Waals surface area contributed by atoms with E-state index in [9.17, 15) is 9.00 Å². The van der Waals surface area contributed by atoms with Crippen molar-refractivity contribution in [1.82, 2.24) is 0 Å². The van der Waals surface area contributed by atoms with E-state index in [1.54, 1.807) is 18.2 Å². The summed E-state index contributed by atoms with van der Waals surface area (Å²) in [7, 11) is -1.51. The second-order valence-electron chi connectivity index (χ2n) is 5.80. The predicted molar refractivity (Wildman–Crippen MR) is 107 cm³/mol. The van der Waals surface area contributed by atoms with E-state index >= 15 is 0 Å². The first-order chi connectivity index (χ1) is 12.6. The van der Waals surface area contributed by atoms with Crippen molar-refractivity contribution in [2.24, 2.45) is 0 Å². The maximum atomic E-state index is 13.6. The first-order valence-corrected chi connectivity index (χ1v) is 9.73. The molecular weight excluding hydrogens is 366 g/mol. The van der Waals surface area contributed by atoms with Crippen LogP contribution in [-0.4, -0.2) is 10.1 Å². The van der Waals surface area contributed by atoms with E-state index in [-0.39, 0.29) is 5.91 Å². The molecule has 1 amide bonds. The van der Waals surface area contributed by atoms with Gasteiger partial charge in [-0.15, -0.1) is 0 Å². The van der Waals surface area contributed by atoms with Gasteiger partial charge >= 0.3 is 0 Å². The molecule has 0 aliphatic heterocycles. The molecule has 0 spiro atoms. The molecule has 26 heavy (non-hydrogen) atoms. The maximum Gasteiger partial charge on any atom is 0.221 e. The standard InChI is InChI=1S/C21H18ClNO2S/c1-15(24)23-19-14-8-13-18(22)21(19)26(25)20(16-9-4-2-5-10-16)17-11-6-3-7-12-17/h2-14,20H,1H3,(H,23,24). The van der Waals surface area contributed by atoms with Crippen molar-refractivity contribution in [2.75, 3.05) is 5.32 Å². The van der Waals surface area contributed by atoms with Crippen molar-refractivity contribution < 1.29 is 9.00 Å². The van der Waals surface area contributed by atoms with E-state index in [0.29, 0.717) is 15.6 Å². The molecule has 5 heteroatoms. The summed E-state index contributed by atoms with van der Waals surface area (Å²) in [6, 6.07) is 24.5. The average Bonchev–Trinajstić information content (AvgIpc) is 2.63. The molecule has 0 aliphatic rings. The van der Waals surface area contributed by atoms with Crippen LogP contribution in [0.3, 0.4) is 0 Å². The Morgan fingerprint density at radius 3 is 1.92 bits per heavy atom. The van der Waals surface area contributed by atoms with Crippen molar-refractivity contribution in [3.8, 4) is 0 Å². The highest BCUT2D eigenvalue weighted by Crippen LogP contribution is 2.38. The van der Waals surface area contributed by atoms with Gasteiger partial charge in [-0.3, -0.25) is 9.00 Å². The Hall–Kier alpha value is -2.43. The highest BCUT2D eigenvalue weighted by molar-refractivity contribution is 7.85. The van der Waals surface area contributed by atoms with E-state index in [0.717, 1.165) is 11.1 Å². The van der Waals surface area contributed by atoms with Crippen LogP contribution < -0.4 is 5.32 Å². The summed E-state index contributed by atoms with van der Waals surface area (Å²) < 4.78 is 13.6. The summed E-state index contributed by atoms with van der Waals surface area (Å²) in [5, 5.41) is 2.71. The number of benzene rings is 3. The zero-order valence-corrected chi connectivity index (χ0v) is 15.8. The number of amides is 1. The van der Waals surface area contributed by atoms with Gasteiger partial charge in [0, 0.05) is 6.92 Å². The Morgan fingerprint density at radius 1 is 0.885 bits per heavy atom. The zero-order chi connectivity index (χ0) is 18.5. The smallest absolute Gasteiger partial charge is 0.221 e. The van der Waals surface area contributed by atoms with Gasteiger partial charge in [0.2, 0.25) is 5.91 Å². The number of halogens is 1. The summed E-state index contributed by atoms with van der Waals surface area (Å²) >= 11 is 6.38. The Morgan fingerprint density at radius 2 is 1.42 bits per heavy atom. The molecule has 3 nitrogen and oxygen atoms in total. The molecule has 3 aromatic rings. The number of hydrogen-bond donors (Lipinski definition) is 1. The molecule has 0 saturated carbocycles. The highest BCUT2D eigenvalue weighted by atomic mass is 35.5. The largest absolute Gasteiger partial charge is 0.325 e. The van der Waals surface area contributed by atoms with Gasteiger partial charge in [0.15, 0.2) is 0 Å². The van der Waals surface area contributed by atoms with Gasteiger partial charge in [-0.2, -0.15) is 0 Å². The van der Waals surface area contributed by atoms with Gasteiger partial charge in [0.25, 0.3) is 0 Å². The Balaban J connectivity index is 2.15. The van der Waals surface area contributed by atoms with Crippen LogP contribution in [0.4, 0.5) is 5.69 Å². The lowest BCUT2D eigenvalue weighted by Gasteiger charge is -2.20. The zero-order valence-electron chi connectivity index (χ0n) is 14.2. The molecular formula is C21H18ClNO2S. The van der Waals surface area contributed by atoms with Crippen LogP contribution in [0.25, 0.3) is 0 Å². The van der Waals surface area contributed by atoms with Crippen LogP contribution in [0, 0.1) is 0 Å². The minimum atomic E-state index is -1.51. The summed E-state index contributed by atoms with van der Waals surface area (Å²) in [5.74, 6) is -0.235. The highest BCUT2D eigenvalue weighted by Gasteiger charge is 2.26. The molecule has 3 rings (SSSR count). The van der Waals surface area contributed by atoms with Gasteiger partial charge in [-0.05, 0) is 23.3 Å². The molecule has 1 N–H and O–H groups in total. The van der Waals surface area contributed by atoms with Crippen molar-refractivity contribution in [3.05, 3.63) is 95.0 Å². The average molecular weight is 384 g/mol.